The van der Waals surface area contributed by atoms with E-state index in [0.717, 1.165) is 5.69 Å². The van der Waals surface area contributed by atoms with Crippen molar-refractivity contribution in [3.8, 4) is 0 Å². The van der Waals surface area contributed by atoms with Gasteiger partial charge in [0.1, 0.15) is 5.60 Å². The molecule has 0 atom stereocenters. The second-order valence-corrected chi connectivity index (χ2v) is 5.93. The number of imidazole rings is 1. The van der Waals surface area contributed by atoms with Crippen LogP contribution >= 0.6 is 0 Å². The molecule has 2 heterocycles. The first-order chi connectivity index (χ1) is 9.81. The molecule has 1 aliphatic heterocycles. The van der Waals surface area contributed by atoms with E-state index in [9.17, 15) is 9.59 Å². The number of fused-ring (bicyclic) bond motifs is 1. The minimum Gasteiger partial charge on any atom is -0.463 e. The number of nitrogens with zero attached hydrogens (tertiary/aromatic N) is 3. The van der Waals surface area contributed by atoms with Crippen molar-refractivity contribution in [1.82, 2.24) is 14.5 Å². The lowest BCUT2D eigenvalue weighted by atomic mass is 10.2. The average molecular weight is 295 g/mol. The molecule has 1 aromatic heterocycles. The van der Waals surface area contributed by atoms with Crippen LogP contribution < -0.4 is 0 Å². The van der Waals surface area contributed by atoms with Crippen molar-refractivity contribution in [2.24, 2.45) is 0 Å². The number of ether oxygens (including phenoxy) is 2. The third-order valence-corrected chi connectivity index (χ3v) is 3.19. The van der Waals surface area contributed by atoms with Crippen molar-refractivity contribution in [2.75, 3.05) is 20.2 Å². The molecule has 0 aliphatic carbocycles. The average Bonchev–Trinajstić information content (AvgIpc) is 2.67. The number of amides is 1. The standard InChI is InChI=1S/C14H21N3O4/c1-14(2,3)21-13(19)16-6-5-10-9-15-11(12(18)20-4)17(10)8-7-16/h9H,5-8H2,1-4H3. The first kappa shape index (κ1) is 15.3. The first-order valence-electron chi connectivity index (χ1n) is 6.92. The van der Waals surface area contributed by atoms with E-state index in [1.54, 1.807) is 15.7 Å². The zero-order chi connectivity index (χ0) is 15.6. The fraction of sp³-hybridized carbons (Fsp3) is 0.643. The van der Waals surface area contributed by atoms with Crippen molar-refractivity contribution in [3.63, 3.8) is 0 Å². The van der Waals surface area contributed by atoms with Gasteiger partial charge in [-0.3, -0.25) is 0 Å². The van der Waals surface area contributed by atoms with Gasteiger partial charge >= 0.3 is 12.1 Å². The molecule has 0 aromatic carbocycles. The highest BCUT2D eigenvalue weighted by atomic mass is 16.6. The Hall–Kier alpha value is -2.05. The highest BCUT2D eigenvalue weighted by molar-refractivity contribution is 5.85. The molecule has 1 aromatic rings. The topological polar surface area (TPSA) is 73.7 Å². The van der Waals surface area contributed by atoms with E-state index in [4.69, 9.17) is 9.47 Å². The summed E-state index contributed by atoms with van der Waals surface area (Å²) in [6.45, 7) is 7.03. The predicted octanol–water partition coefficient (Wildman–Crippen LogP) is 1.46. The molecule has 7 heteroatoms. The lowest BCUT2D eigenvalue weighted by Gasteiger charge is -2.26. The highest BCUT2D eigenvalue weighted by Crippen LogP contribution is 2.15. The number of methoxy groups -OCH3 is 1. The minimum absolute atomic E-state index is 0.276. The molecule has 21 heavy (non-hydrogen) atoms. The van der Waals surface area contributed by atoms with Crippen LogP contribution in [0.25, 0.3) is 0 Å². The predicted molar refractivity (Wildman–Crippen MR) is 75.1 cm³/mol. The second-order valence-electron chi connectivity index (χ2n) is 5.93. The number of esters is 1. The molecule has 0 saturated carbocycles. The van der Waals surface area contributed by atoms with Crippen LogP contribution in [-0.2, 0) is 22.4 Å². The number of aromatic nitrogens is 2. The van der Waals surface area contributed by atoms with Gasteiger partial charge in [0.15, 0.2) is 0 Å². The summed E-state index contributed by atoms with van der Waals surface area (Å²) in [6, 6.07) is 0. The smallest absolute Gasteiger partial charge is 0.410 e. The third kappa shape index (κ3) is 3.53. The van der Waals surface area contributed by atoms with Crippen molar-refractivity contribution >= 4 is 12.1 Å². The molecule has 7 nitrogen and oxygen atoms in total. The van der Waals surface area contributed by atoms with Crippen LogP contribution in [0.3, 0.4) is 0 Å². The van der Waals surface area contributed by atoms with E-state index in [2.05, 4.69) is 4.98 Å². The van der Waals surface area contributed by atoms with Crippen LogP contribution in [0.5, 0.6) is 0 Å². The number of hydrogen-bond donors (Lipinski definition) is 0. The lowest BCUT2D eigenvalue weighted by Crippen LogP contribution is -2.38. The van der Waals surface area contributed by atoms with E-state index >= 15 is 0 Å². The number of carbonyl (C=O) groups excluding carboxylic acids is 2. The van der Waals surface area contributed by atoms with Crippen molar-refractivity contribution in [1.29, 1.82) is 0 Å². The summed E-state index contributed by atoms with van der Waals surface area (Å²) in [6.07, 6.45) is 1.95. The van der Waals surface area contributed by atoms with Gasteiger partial charge < -0.3 is 18.9 Å². The largest absolute Gasteiger partial charge is 0.463 e. The molecular weight excluding hydrogens is 274 g/mol. The molecule has 0 saturated heterocycles. The van der Waals surface area contributed by atoms with Gasteiger partial charge in [-0.25, -0.2) is 14.6 Å². The molecule has 0 spiro atoms. The van der Waals surface area contributed by atoms with Crippen molar-refractivity contribution < 1.29 is 19.1 Å². The fourth-order valence-electron chi connectivity index (χ4n) is 2.21. The third-order valence-electron chi connectivity index (χ3n) is 3.19. The molecule has 2 rings (SSSR count). The Bertz CT molecular complexity index is 545. The number of rotatable bonds is 1. The quantitative estimate of drug-likeness (QED) is 0.733. The van der Waals surface area contributed by atoms with Crippen molar-refractivity contribution in [2.45, 2.75) is 39.3 Å². The molecule has 0 unspecified atom stereocenters. The van der Waals surface area contributed by atoms with Gasteiger partial charge in [-0.1, -0.05) is 0 Å². The fourth-order valence-corrected chi connectivity index (χ4v) is 2.21. The molecule has 1 amide bonds. The minimum atomic E-state index is -0.516. The summed E-state index contributed by atoms with van der Waals surface area (Å²) in [4.78, 5) is 29.5. The van der Waals surface area contributed by atoms with Gasteiger partial charge in [0.05, 0.1) is 7.11 Å². The van der Waals surface area contributed by atoms with Gasteiger partial charge in [-0.05, 0) is 20.8 Å². The van der Waals surface area contributed by atoms with Gasteiger partial charge in [-0.15, -0.1) is 0 Å². The van der Waals surface area contributed by atoms with E-state index < -0.39 is 11.6 Å². The summed E-state index contributed by atoms with van der Waals surface area (Å²) >= 11 is 0. The molecule has 0 bridgehead atoms. The molecule has 1 aliphatic rings. The summed E-state index contributed by atoms with van der Waals surface area (Å²) in [5.41, 5.74) is 0.402. The molecule has 116 valence electrons. The van der Waals surface area contributed by atoms with Crippen LogP contribution in [0.15, 0.2) is 6.20 Å². The summed E-state index contributed by atoms with van der Waals surface area (Å²) < 4.78 is 11.9. The highest BCUT2D eigenvalue weighted by Gasteiger charge is 2.26. The zero-order valence-corrected chi connectivity index (χ0v) is 12.9. The number of carbonyl (C=O) groups is 2. The van der Waals surface area contributed by atoms with Gasteiger partial charge in [-0.2, -0.15) is 0 Å². The Kier molecular flexibility index (Phi) is 4.20. The summed E-state index contributed by atoms with van der Waals surface area (Å²) in [5.74, 6) is -0.189. The van der Waals surface area contributed by atoms with Gasteiger partial charge in [0.25, 0.3) is 0 Å². The van der Waals surface area contributed by atoms with E-state index in [1.165, 1.54) is 7.11 Å². The number of hydrogen-bond acceptors (Lipinski definition) is 5. The Morgan fingerprint density at radius 1 is 1.24 bits per heavy atom. The first-order valence-corrected chi connectivity index (χ1v) is 6.92. The summed E-state index contributed by atoms with van der Waals surface area (Å²) in [7, 11) is 1.33. The normalized spacial score (nSPS) is 15.1. The van der Waals surface area contributed by atoms with E-state index in [-0.39, 0.29) is 11.9 Å². The molecule has 0 N–H and O–H groups in total. The molecule has 0 fully saturated rings. The SMILES string of the molecule is COC(=O)c1ncc2n1CCN(C(=O)OC(C)(C)C)CC2. The van der Waals surface area contributed by atoms with Gasteiger partial charge in [0, 0.05) is 37.9 Å². The summed E-state index contributed by atoms with van der Waals surface area (Å²) in [5, 5.41) is 0. The second kappa shape index (κ2) is 5.75. The lowest BCUT2D eigenvalue weighted by molar-refractivity contribution is 0.0254. The molecule has 0 radical (unpaired) electrons. The zero-order valence-electron chi connectivity index (χ0n) is 12.9. The monoisotopic (exact) mass is 295 g/mol. The van der Waals surface area contributed by atoms with Crippen LogP contribution in [-0.4, -0.2) is 52.3 Å². The van der Waals surface area contributed by atoms with Crippen molar-refractivity contribution in [3.05, 3.63) is 17.7 Å². The van der Waals surface area contributed by atoms with E-state index in [1.807, 2.05) is 20.8 Å². The van der Waals surface area contributed by atoms with Gasteiger partial charge in [0.2, 0.25) is 5.82 Å². The Balaban J connectivity index is 2.09. The maximum absolute atomic E-state index is 12.1. The van der Waals surface area contributed by atoms with Crippen LogP contribution in [0.1, 0.15) is 37.1 Å². The Morgan fingerprint density at radius 3 is 2.57 bits per heavy atom. The van der Waals surface area contributed by atoms with E-state index in [0.29, 0.717) is 26.1 Å². The Labute approximate surface area is 123 Å². The van der Waals surface area contributed by atoms with Crippen LogP contribution in [0.4, 0.5) is 4.79 Å². The van der Waals surface area contributed by atoms with Crippen LogP contribution in [0.2, 0.25) is 0 Å². The maximum Gasteiger partial charge on any atom is 0.410 e. The maximum atomic E-state index is 12.1. The molecular formula is C14H21N3O4. The van der Waals surface area contributed by atoms with Crippen LogP contribution in [0, 0.1) is 0 Å². The Morgan fingerprint density at radius 2 is 1.95 bits per heavy atom.